The van der Waals surface area contributed by atoms with Crippen LogP contribution in [0.4, 0.5) is 0 Å². The highest BCUT2D eigenvalue weighted by molar-refractivity contribution is 5.85. The summed E-state index contributed by atoms with van der Waals surface area (Å²) in [4.78, 5) is 2.77. The van der Waals surface area contributed by atoms with Crippen LogP contribution in [0.3, 0.4) is 0 Å². The lowest BCUT2D eigenvalue weighted by atomic mass is 9.85. The molecular weight excluding hydrogens is 232 g/mol. The Bertz CT molecular complexity index is 228. The van der Waals surface area contributed by atoms with Crippen molar-refractivity contribution in [2.45, 2.75) is 38.5 Å². The van der Waals surface area contributed by atoms with Gasteiger partial charge in [0.15, 0.2) is 0 Å². The van der Waals surface area contributed by atoms with E-state index >= 15 is 0 Å². The highest BCUT2D eigenvalue weighted by Gasteiger charge is 2.33. The average molecular weight is 259 g/mol. The maximum Gasteiger partial charge on any atom is 0.00251 e. The third-order valence-corrected chi connectivity index (χ3v) is 5.03. The summed E-state index contributed by atoms with van der Waals surface area (Å²) in [5.74, 6) is 3.00. The van der Waals surface area contributed by atoms with Crippen LogP contribution in [0.2, 0.25) is 0 Å². The van der Waals surface area contributed by atoms with Gasteiger partial charge in [-0.1, -0.05) is 19.3 Å². The van der Waals surface area contributed by atoms with Crippen molar-refractivity contribution < 1.29 is 0 Å². The number of rotatable bonds is 2. The van der Waals surface area contributed by atoms with Crippen LogP contribution in [0.15, 0.2) is 0 Å². The van der Waals surface area contributed by atoms with E-state index in [0.717, 1.165) is 17.8 Å². The molecule has 1 N–H and O–H groups in total. The van der Waals surface area contributed by atoms with E-state index in [2.05, 4.69) is 10.2 Å². The zero-order valence-corrected chi connectivity index (χ0v) is 11.7. The van der Waals surface area contributed by atoms with Gasteiger partial charge < -0.3 is 10.2 Å². The van der Waals surface area contributed by atoms with Crippen molar-refractivity contribution in [2.75, 3.05) is 32.7 Å². The summed E-state index contributed by atoms with van der Waals surface area (Å²) in [5.41, 5.74) is 0. The molecule has 2 heterocycles. The summed E-state index contributed by atoms with van der Waals surface area (Å²) >= 11 is 0. The van der Waals surface area contributed by atoms with Crippen molar-refractivity contribution in [2.24, 2.45) is 17.8 Å². The van der Waals surface area contributed by atoms with Gasteiger partial charge >= 0.3 is 0 Å². The minimum atomic E-state index is 0. The molecule has 2 atom stereocenters. The number of piperidine rings is 1. The third-order valence-electron chi connectivity index (χ3n) is 5.03. The van der Waals surface area contributed by atoms with Crippen molar-refractivity contribution in [3.05, 3.63) is 0 Å². The summed E-state index contributed by atoms with van der Waals surface area (Å²) in [6, 6.07) is 0. The highest BCUT2D eigenvalue weighted by atomic mass is 35.5. The van der Waals surface area contributed by atoms with E-state index in [-0.39, 0.29) is 12.4 Å². The van der Waals surface area contributed by atoms with E-state index < -0.39 is 0 Å². The summed E-state index contributed by atoms with van der Waals surface area (Å²) in [7, 11) is 0. The summed E-state index contributed by atoms with van der Waals surface area (Å²) in [6.45, 7) is 6.74. The van der Waals surface area contributed by atoms with E-state index in [9.17, 15) is 0 Å². The van der Waals surface area contributed by atoms with Crippen molar-refractivity contribution >= 4 is 12.4 Å². The molecule has 1 saturated carbocycles. The second-order valence-corrected chi connectivity index (χ2v) is 6.23. The predicted molar refractivity (Wildman–Crippen MR) is 74.7 cm³/mol. The van der Waals surface area contributed by atoms with Gasteiger partial charge in [0.1, 0.15) is 0 Å². The minimum Gasteiger partial charge on any atom is -0.316 e. The number of hydrogen-bond acceptors (Lipinski definition) is 2. The van der Waals surface area contributed by atoms with E-state index in [1.165, 1.54) is 71.2 Å². The molecule has 3 rings (SSSR count). The second-order valence-electron chi connectivity index (χ2n) is 6.23. The van der Waals surface area contributed by atoms with Crippen LogP contribution in [0.5, 0.6) is 0 Å². The van der Waals surface area contributed by atoms with Crippen LogP contribution < -0.4 is 5.32 Å². The number of likely N-dealkylation sites (tertiary alicyclic amines) is 1. The Morgan fingerprint density at radius 1 is 0.941 bits per heavy atom. The Morgan fingerprint density at radius 3 is 2.53 bits per heavy atom. The molecule has 2 aliphatic heterocycles. The van der Waals surface area contributed by atoms with E-state index in [1.807, 2.05) is 0 Å². The van der Waals surface area contributed by atoms with Gasteiger partial charge in [0.05, 0.1) is 0 Å². The number of fused-ring (bicyclic) bond motifs is 1. The first-order valence-electron chi connectivity index (χ1n) is 7.35. The number of halogens is 1. The molecule has 2 saturated heterocycles. The molecule has 17 heavy (non-hydrogen) atoms. The summed E-state index contributed by atoms with van der Waals surface area (Å²) < 4.78 is 0. The van der Waals surface area contributed by atoms with E-state index in [4.69, 9.17) is 0 Å². The topological polar surface area (TPSA) is 15.3 Å². The first-order chi connectivity index (χ1) is 7.92. The van der Waals surface area contributed by atoms with Crippen molar-refractivity contribution in [1.29, 1.82) is 0 Å². The molecule has 100 valence electrons. The third kappa shape index (κ3) is 3.36. The first-order valence-corrected chi connectivity index (χ1v) is 7.35. The van der Waals surface area contributed by atoms with Crippen LogP contribution in [-0.2, 0) is 0 Å². The van der Waals surface area contributed by atoms with Crippen molar-refractivity contribution in [3.63, 3.8) is 0 Å². The molecule has 0 spiro atoms. The standard InChI is InChI=1S/C14H26N2.ClH/c1-2-4-12(5-3-1)10-16-7-6-13-8-15-9-14(13)11-16;/h12-15H,1-11H2;1H. The smallest absolute Gasteiger partial charge is 0.00251 e. The quantitative estimate of drug-likeness (QED) is 0.819. The van der Waals surface area contributed by atoms with Gasteiger partial charge in [-0.3, -0.25) is 0 Å². The molecule has 3 heteroatoms. The second kappa shape index (κ2) is 6.40. The zero-order valence-electron chi connectivity index (χ0n) is 10.9. The number of nitrogens with one attached hydrogen (secondary N) is 1. The molecule has 3 fully saturated rings. The molecule has 3 aliphatic rings. The predicted octanol–water partition coefficient (Wildman–Crippen LogP) is 2.53. The van der Waals surface area contributed by atoms with Crippen LogP contribution in [0.25, 0.3) is 0 Å². The Hall–Kier alpha value is 0.210. The van der Waals surface area contributed by atoms with Crippen molar-refractivity contribution in [3.8, 4) is 0 Å². The molecule has 1 aliphatic carbocycles. The Kier molecular flexibility index (Phi) is 5.13. The Labute approximate surface area is 112 Å². The van der Waals surface area contributed by atoms with Crippen LogP contribution in [0, 0.1) is 17.8 Å². The fourth-order valence-electron chi connectivity index (χ4n) is 4.01. The normalized spacial score (nSPS) is 35.3. The van der Waals surface area contributed by atoms with Gasteiger partial charge in [-0.15, -0.1) is 12.4 Å². The largest absolute Gasteiger partial charge is 0.316 e. The van der Waals surface area contributed by atoms with Gasteiger partial charge in [0, 0.05) is 13.1 Å². The summed E-state index contributed by atoms with van der Waals surface area (Å²) in [5, 5.41) is 3.56. The van der Waals surface area contributed by atoms with Gasteiger partial charge in [-0.25, -0.2) is 0 Å². The molecule has 0 aromatic carbocycles. The lowest BCUT2D eigenvalue weighted by Crippen LogP contribution is -2.42. The Morgan fingerprint density at radius 2 is 1.71 bits per heavy atom. The maximum absolute atomic E-state index is 3.56. The van der Waals surface area contributed by atoms with Gasteiger partial charge in [0.2, 0.25) is 0 Å². The molecule has 0 amide bonds. The van der Waals surface area contributed by atoms with Gasteiger partial charge in [0.25, 0.3) is 0 Å². The van der Waals surface area contributed by atoms with E-state index in [1.54, 1.807) is 0 Å². The SMILES string of the molecule is C1CCC(CN2CCC3CNCC3C2)CC1.Cl. The van der Waals surface area contributed by atoms with Gasteiger partial charge in [-0.2, -0.15) is 0 Å². The first kappa shape index (κ1) is 13.6. The van der Waals surface area contributed by atoms with Crippen LogP contribution in [0.1, 0.15) is 38.5 Å². The monoisotopic (exact) mass is 258 g/mol. The number of hydrogen-bond donors (Lipinski definition) is 1. The molecule has 0 aromatic heterocycles. The highest BCUT2D eigenvalue weighted by Crippen LogP contribution is 2.29. The minimum absolute atomic E-state index is 0. The molecule has 0 aromatic rings. The molecule has 2 nitrogen and oxygen atoms in total. The lowest BCUT2D eigenvalue weighted by molar-refractivity contribution is 0.119. The fourth-order valence-corrected chi connectivity index (χ4v) is 4.01. The van der Waals surface area contributed by atoms with Crippen LogP contribution in [-0.4, -0.2) is 37.6 Å². The molecule has 0 bridgehead atoms. The van der Waals surface area contributed by atoms with Crippen LogP contribution >= 0.6 is 12.4 Å². The van der Waals surface area contributed by atoms with E-state index in [0.29, 0.717) is 0 Å². The molecule has 2 unspecified atom stereocenters. The number of nitrogens with zero attached hydrogens (tertiary/aromatic N) is 1. The Balaban J connectivity index is 0.00000108. The fraction of sp³-hybridized carbons (Fsp3) is 1.00. The summed E-state index contributed by atoms with van der Waals surface area (Å²) in [6.07, 6.45) is 8.93. The van der Waals surface area contributed by atoms with Gasteiger partial charge in [-0.05, 0) is 56.7 Å². The lowest BCUT2D eigenvalue weighted by Gasteiger charge is -2.37. The average Bonchev–Trinajstić information content (AvgIpc) is 2.77. The molecular formula is C14H27ClN2. The van der Waals surface area contributed by atoms with Crippen molar-refractivity contribution in [1.82, 2.24) is 10.2 Å². The molecule has 0 radical (unpaired) electrons. The zero-order chi connectivity index (χ0) is 10.8. The maximum atomic E-state index is 3.56.